The van der Waals surface area contributed by atoms with Crippen LogP contribution in [-0.2, 0) is 15.9 Å². The van der Waals surface area contributed by atoms with E-state index in [1.54, 1.807) is 24.3 Å². The largest absolute Gasteiger partial charge is 0.508 e. The first kappa shape index (κ1) is 17.5. The zero-order chi connectivity index (χ0) is 19.9. The molecule has 1 aliphatic heterocycles. The van der Waals surface area contributed by atoms with Gasteiger partial charge in [0.2, 0.25) is 0 Å². The molecule has 0 atom stereocenters. The van der Waals surface area contributed by atoms with Gasteiger partial charge in [-0.2, -0.15) is 0 Å². The molecule has 5 rings (SSSR count). The van der Waals surface area contributed by atoms with E-state index in [0.29, 0.717) is 11.1 Å². The molecule has 0 unspecified atom stereocenters. The molecule has 0 amide bonds. The summed E-state index contributed by atoms with van der Waals surface area (Å²) in [6.07, 6.45) is 0. The molecule has 0 saturated carbocycles. The van der Waals surface area contributed by atoms with Gasteiger partial charge in [0.15, 0.2) is 11.2 Å². The minimum Gasteiger partial charge on any atom is -0.508 e. The van der Waals surface area contributed by atoms with Crippen molar-refractivity contribution in [2.45, 2.75) is 11.2 Å². The molecule has 3 heteroatoms. The number of ether oxygens (including phenoxy) is 1. The lowest BCUT2D eigenvalue weighted by molar-refractivity contribution is 0.292. The van der Waals surface area contributed by atoms with E-state index in [4.69, 9.17) is 4.74 Å². The van der Waals surface area contributed by atoms with E-state index in [-0.39, 0.29) is 11.5 Å². The van der Waals surface area contributed by atoms with Crippen molar-refractivity contribution in [2.75, 3.05) is 0 Å². The molecule has 0 spiro atoms. The van der Waals surface area contributed by atoms with Crippen LogP contribution in [0.2, 0.25) is 0 Å². The summed E-state index contributed by atoms with van der Waals surface area (Å²) in [6.45, 7) is 0. The number of phenols is 2. The average Bonchev–Trinajstić information content (AvgIpc) is 3.48. The average molecular weight is 380 g/mol. The van der Waals surface area contributed by atoms with Crippen LogP contribution in [0.3, 0.4) is 0 Å². The molecular formula is C26H20O3. The predicted molar refractivity (Wildman–Crippen MR) is 112 cm³/mol. The minimum atomic E-state index is -1.06. The summed E-state index contributed by atoms with van der Waals surface area (Å²) >= 11 is 0. The summed E-state index contributed by atoms with van der Waals surface area (Å²) in [5.74, 6) is 0.258. The molecule has 142 valence electrons. The predicted octanol–water partition coefficient (Wildman–Crippen LogP) is 5.32. The highest BCUT2D eigenvalue weighted by atomic mass is 16.6. The number of hydrogen-bond acceptors (Lipinski definition) is 3. The Morgan fingerprint density at radius 2 is 0.828 bits per heavy atom. The molecule has 29 heavy (non-hydrogen) atoms. The lowest BCUT2D eigenvalue weighted by Crippen LogP contribution is -2.25. The second kappa shape index (κ2) is 6.50. The molecule has 0 aromatic heterocycles. The Morgan fingerprint density at radius 3 is 1.24 bits per heavy atom. The molecule has 4 aromatic rings. The first-order valence-electron chi connectivity index (χ1n) is 9.58. The maximum atomic E-state index is 10.8. The second-order valence-corrected chi connectivity index (χ2v) is 7.23. The molecule has 0 aliphatic carbocycles. The summed E-state index contributed by atoms with van der Waals surface area (Å²) in [4.78, 5) is 0. The van der Waals surface area contributed by atoms with Gasteiger partial charge >= 0.3 is 0 Å². The van der Waals surface area contributed by atoms with E-state index >= 15 is 0 Å². The van der Waals surface area contributed by atoms with E-state index in [1.165, 1.54) is 0 Å². The summed E-state index contributed by atoms with van der Waals surface area (Å²) in [5.41, 5.74) is 1.21. The van der Waals surface area contributed by atoms with Crippen molar-refractivity contribution in [2.24, 2.45) is 0 Å². The van der Waals surface area contributed by atoms with Crippen LogP contribution in [-0.4, -0.2) is 10.2 Å². The fourth-order valence-electron chi connectivity index (χ4n) is 4.42. The number of hydrogen-bond donors (Lipinski definition) is 2. The van der Waals surface area contributed by atoms with Crippen LogP contribution in [0.5, 0.6) is 11.5 Å². The number of epoxide rings is 1. The monoisotopic (exact) mass is 380 g/mol. The van der Waals surface area contributed by atoms with Crippen LogP contribution in [0.1, 0.15) is 22.3 Å². The Kier molecular flexibility index (Phi) is 3.93. The van der Waals surface area contributed by atoms with Crippen LogP contribution in [0.15, 0.2) is 109 Å². The van der Waals surface area contributed by atoms with Gasteiger partial charge in [-0.05, 0) is 23.3 Å². The van der Waals surface area contributed by atoms with Gasteiger partial charge in [-0.3, -0.25) is 0 Å². The van der Waals surface area contributed by atoms with Crippen molar-refractivity contribution < 1.29 is 14.9 Å². The standard InChI is InChI=1S/C26H20O3/c27-23-17-9-7-15-21(23)26(22-16-8-10-18-24(22)28)25(29-26,19-11-3-1-4-12-19)20-13-5-2-6-14-20/h1-18,27-28H. The van der Waals surface area contributed by atoms with Gasteiger partial charge in [0.05, 0.1) is 0 Å². The molecule has 1 fully saturated rings. The molecule has 1 saturated heterocycles. The van der Waals surface area contributed by atoms with Crippen LogP contribution >= 0.6 is 0 Å². The van der Waals surface area contributed by atoms with Crippen molar-refractivity contribution >= 4 is 0 Å². The summed E-state index contributed by atoms with van der Waals surface area (Å²) in [6, 6.07) is 34.3. The van der Waals surface area contributed by atoms with Gasteiger partial charge in [-0.15, -0.1) is 0 Å². The van der Waals surface area contributed by atoms with Gasteiger partial charge in [-0.25, -0.2) is 0 Å². The van der Waals surface area contributed by atoms with Gasteiger partial charge in [-0.1, -0.05) is 97.1 Å². The Hall–Kier alpha value is -3.56. The third-order valence-corrected chi connectivity index (χ3v) is 5.69. The first-order chi connectivity index (χ1) is 14.2. The van der Waals surface area contributed by atoms with Crippen LogP contribution in [0.25, 0.3) is 0 Å². The summed E-state index contributed by atoms with van der Waals surface area (Å²) < 4.78 is 6.68. The molecule has 2 N–H and O–H groups in total. The van der Waals surface area contributed by atoms with E-state index in [0.717, 1.165) is 11.1 Å². The van der Waals surface area contributed by atoms with Gasteiger partial charge in [0, 0.05) is 11.1 Å². The van der Waals surface area contributed by atoms with Crippen LogP contribution in [0, 0.1) is 0 Å². The zero-order valence-electron chi connectivity index (χ0n) is 15.7. The van der Waals surface area contributed by atoms with Crippen molar-refractivity contribution in [3.8, 4) is 11.5 Å². The molecule has 0 radical (unpaired) electrons. The lowest BCUT2D eigenvalue weighted by Gasteiger charge is -2.23. The SMILES string of the molecule is Oc1ccccc1C1(c2ccccc2O)OC1(c1ccccc1)c1ccccc1. The van der Waals surface area contributed by atoms with E-state index < -0.39 is 11.2 Å². The zero-order valence-corrected chi connectivity index (χ0v) is 15.7. The Bertz CT molecular complexity index is 1070. The molecule has 0 bridgehead atoms. The summed E-state index contributed by atoms with van der Waals surface area (Å²) in [5, 5.41) is 21.6. The lowest BCUT2D eigenvalue weighted by atomic mass is 9.73. The number of phenolic OH excluding ortho intramolecular Hbond substituents is 2. The normalized spacial score (nSPS) is 16.3. The number of rotatable bonds is 4. The van der Waals surface area contributed by atoms with Gasteiger partial charge in [0.25, 0.3) is 0 Å². The molecule has 3 nitrogen and oxygen atoms in total. The highest BCUT2D eigenvalue weighted by Crippen LogP contribution is 2.70. The fraction of sp³-hybridized carbons (Fsp3) is 0.0769. The number of aromatic hydroxyl groups is 2. The van der Waals surface area contributed by atoms with Crippen molar-refractivity contribution in [1.29, 1.82) is 0 Å². The third kappa shape index (κ3) is 2.41. The smallest absolute Gasteiger partial charge is 0.164 e. The maximum absolute atomic E-state index is 10.8. The Morgan fingerprint density at radius 1 is 0.448 bits per heavy atom. The molecule has 1 heterocycles. The van der Waals surface area contributed by atoms with Gasteiger partial charge in [0.1, 0.15) is 11.5 Å². The van der Waals surface area contributed by atoms with Crippen LogP contribution in [0.4, 0.5) is 0 Å². The maximum Gasteiger partial charge on any atom is 0.164 e. The topological polar surface area (TPSA) is 53.0 Å². The quantitative estimate of drug-likeness (QED) is 0.472. The number of benzene rings is 4. The van der Waals surface area contributed by atoms with Gasteiger partial charge < -0.3 is 14.9 Å². The Labute approximate surface area is 169 Å². The van der Waals surface area contributed by atoms with E-state index in [2.05, 4.69) is 0 Å². The molecule has 4 aromatic carbocycles. The number of para-hydroxylation sites is 2. The fourth-order valence-corrected chi connectivity index (χ4v) is 4.42. The van der Waals surface area contributed by atoms with Crippen molar-refractivity contribution in [1.82, 2.24) is 0 Å². The second-order valence-electron chi connectivity index (χ2n) is 7.23. The van der Waals surface area contributed by atoms with E-state index in [1.807, 2.05) is 84.9 Å². The Balaban J connectivity index is 1.87. The van der Waals surface area contributed by atoms with E-state index in [9.17, 15) is 10.2 Å². The van der Waals surface area contributed by atoms with Crippen molar-refractivity contribution in [3.63, 3.8) is 0 Å². The van der Waals surface area contributed by atoms with Crippen molar-refractivity contribution in [3.05, 3.63) is 131 Å². The molecule has 1 aliphatic rings. The first-order valence-corrected chi connectivity index (χ1v) is 9.58. The highest BCUT2D eigenvalue weighted by Gasteiger charge is 2.75. The minimum absolute atomic E-state index is 0.129. The highest BCUT2D eigenvalue weighted by molar-refractivity contribution is 5.62. The van der Waals surface area contributed by atoms with Crippen LogP contribution < -0.4 is 0 Å². The third-order valence-electron chi connectivity index (χ3n) is 5.69. The molecular weight excluding hydrogens is 360 g/mol. The summed E-state index contributed by atoms with van der Waals surface area (Å²) in [7, 11) is 0.